The van der Waals surface area contributed by atoms with E-state index in [1.807, 2.05) is 12.1 Å². The van der Waals surface area contributed by atoms with Crippen molar-refractivity contribution >= 4 is 21.4 Å². The minimum absolute atomic E-state index is 0.0567. The molecule has 0 amide bonds. The number of fused-ring (bicyclic) bond motifs is 1. The van der Waals surface area contributed by atoms with E-state index in [0.717, 1.165) is 11.1 Å². The number of sulfone groups is 1. The summed E-state index contributed by atoms with van der Waals surface area (Å²) < 4.78 is 37.6. The van der Waals surface area contributed by atoms with Gasteiger partial charge in [-0.2, -0.15) is 0 Å². The van der Waals surface area contributed by atoms with Crippen LogP contribution in [0.2, 0.25) is 0 Å². The fourth-order valence-electron chi connectivity index (χ4n) is 2.96. The van der Waals surface area contributed by atoms with Crippen LogP contribution < -0.4 is 0 Å². The van der Waals surface area contributed by atoms with Crippen molar-refractivity contribution in [1.82, 2.24) is 0 Å². The Morgan fingerprint density at radius 1 is 1.14 bits per heavy atom. The van der Waals surface area contributed by atoms with Gasteiger partial charge in [-0.3, -0.25) is 0 Å². The molecule has 0 radical (unpaired) electrons. The lowest BCUT2D eigenvalue weighted by molar-refractivity contribution is 0.587. The van der Waals surface area contributed by atoms with Gasteiger partial charge in [0.05, 0.1) is 10.6 Å². The highest BCUT2D eigenvalue weighted by Crippen LogP contribution is 2.43. The third-order valence-corrected chi connectivity index (χ3v) is 6.17. The van der Waals surface area contributed by atoms with Crippen LogP contribution in [0.1, 0.15) is 23.0 Å². The van der Waals surface area contributed by atoms with Gasteiger partial charge in [0.15, 0.2) is 9.84 Å². The van der Waals surface area contributed by atoms with Crippen molar-refractivity contribution in [3.8, 4) is 0 Å². The SMILES string of the molecule is O=S1(=O)CC(C(CCl)c2ccc(F)cc2)c2ccccc21. The summed E-state index contributed by atoms with van der Waals surface area (Å²) in [6.45, 7) is 0. The molecule has 1 aliphatic rings. The highest BCUT2D eigenvalue weighted by atomic mass is 35.5. The average Bonchev–Trinajstić information content (AvgIpc) is 2.74. The van der Waals surface area contributed by atoms with E-state index in [4.69, 9.17) is 11.6 Å². The van der Waals surface area contributed by atoms with Gasteiger partial charge in [0.25, 0.3) is 0 Å². The smallest absolute Gasteiger partial charge is 0.179 e. The largest absolute Gasteiger partial charge is 0.224 e. The molecule has 0 fully saturated rings. The van der Waals surface area contributed by atoms with Crippen LogP contribution in [-0.4, -0.2) is 20.1 Å². The predicted octanol–water partition coefficient (Wildman–Crippen LogP) is 3.72. The third kappa shape index (κ3) is 2.58. The van der Waals surface area contributed by atoms with Gasteiger partial charge >= 0.3 is 0 Å². The molecule has 0 spiro atoms. The van der Waals surface area contributed by atoms with Gasteiger partial charge in [0, 0.05) is 17.7 Å². The fourth-order valence-corrected chi connectivity index (χ4v) is 5.28. The summed E-state index contributed by atoms with van der Waals surface area (Å²) in [5.74, 6) is -0.298. The topological polar surface area (TPSA) is 34.1 Å². The third-order valence-electron chi connectivity index (χ3n) is 4.00. The number of alkyl halides is 1. The van der Waals surface area contributed by atoms with E-state index >= 15 is 0 Å². The highest BCUT2D eigenvalue weighted by molar-refractivity contribution is 7.91. The molecule has 2 aromatic rings. The van der Waals surface area contributed by atoms with Crippen molar-refractivity contribution in [3.63, 3.8) is 0 Å². The van der Waals surface area contributed by atoms with E-state index in [2.05, 4.69) is 0 Å². The second-order valence-corrected chi connectivity index (χ2v) is 7.55. The molecule has 5 heteroatoms. The van der Waals surface area contributed by atoms with Crippen LogP contribution in [0.3, 0.4) is 0 Å². The fraction of sp³-hybridized carbons (Fsp3) is 0.250. The van der Waals surface area contributed by atoms with Gasteiger partial charge in [-0.05, 0) is 29.3 Å². The number of benzene rings is 2. The standard InChI is InChI=1S/C16H14ClFO2S/c17-9-14(11-5-7-12(18)8-6-11)15-10-21(19,20)16-4-2-1-3-13(15)16/h1-8,14-15H,9-10H2. The lowest BCUT2D eigenvalue weighted by Crippen LogP contribution is -2.15. The van der Waals surface area contributed by atoms with Crippen molar-refractivity contribution in [3.05, 3.63) is 65.5 Å². The molecule has 2 unspecified atom stereocenters. The summed E-state index contributed by atoms with van der Waals surface area (Å²) >= 11 is 6.09. The van der Waals surface area contributed by atoms with Crippen LogP contribution in [0.4, 0.5) is 4.39 Å². The minimum Gasteiger partial charge on any atom is -0.224 e. The van der Waals surface area contributed by atoms with Crippen LogP contribution in [0.15, 0.2) is 53.4 Å². The first-order valence-corrected chi connectivity index (χ1v) is 8.85. The average molecular weight is 325 g/mol. The number of halogens is 2. The van der Waals surface area contributed by atoms with Gasteiger partial charge in [-0.15, -0.1) is 11.6 Å². The summed E-state index contributed by atoms with van der Waals surface area (Å²) in [6.07, 6.45) is 0. The van der Waals surface area contributed by atoms with Crippen molar-refractivity contribution in [2.75, 3.05) is 11.6 Å². The molecule has 1 heterocycles. The zero-order valence-corrected chi connectivity index (χ0v) is 12.7. The van der Waals surface area contributed by atoms with Crippen LogP contribution in [-0.2, 0) is 9.84 Å². The molecule has 2 atom stereocenters. The maximum Gasteiger partial charge on any atom is 0.179 e. The molecule has 0 bridgehead atoms. The van der Waals surface area contributed by atoms with E-state index in [0.29, 0.717) is 10.8 Å². The molecule has 0 N–H and O–H groups in total. The van der Waals surface area contributed by atoms with Gasteiger partial charge < -0.3 is 0 Å². The van der Waals surface area contributed by atoms with Gasteiger partial charge in [0.2, 0.25) is 0 Å². The van der Waals surface area contributed by atoms with Gasteiger partial charge in [-0.25, -0.2) is 12.8 Å². The second kappa shape index (κ2) is 5.43. The van der Waals surface area contributed by atoms with Crippen LogP contribution in [0, 0.1) is 5.82 Å². The van der Waals surface area contributed by atoms with E-state index in [1.165, 1.54) is 12.1 Å². The van der Waals surface area contributed by atoms with Crippen molar-refractivity contribution < 1.29 is 12.8 Å². The predicted molar refractivity (Wildman–Crippen MR) is 81.1 cm³/mol. The van der Waals surface area contributed by atoms with E-state index in [-0.39, 0.29) is 23.4 Å². The first-order valence-electron chi connectivity index (χ1n) is 6.66. The lowest BCUT2D eigenvalue weighted by Gasteiger charge is -2.21. The summed E-state index contributed by atoms with van der Waals surface area (Å²) in [5.41, 5.74) is 1.68. The molecule has 0 aromatic heterocycles. The molecule has 2 nitrogen and oxygen atoms in total. The molecule has 2 aromatic carbocycles. The van der Waals surface area contributed by atoms with Crippen LogP contribution >= 0.6 is 11.6 Å². The Hall–Kier alpha value is -1.39. The summed E-state index contributed by atoms with van der Waals surface area (Å²) in [6, 6.07) is 13.2. The second-order valence-electron chi connectivity index (χ2n) is 5.24. The Bertz CT molecular complexity index is 756. The zero-order chi connectivity index (χ0) is 15.0. The van der Waals surface area contributed by atoms with E-state index in [1.54, 1.807) is 24.3 Å². The van der Waals surface area contributed by atoms with E-state index < -0.39 is 9.84 Å². The molecule has 3 rings (SSSR count). The Morgan fingerprint density at radius 3 is 2.48 bits per heavy atom. The first kappa shape index (κ1) is 14.5. The molecule has 1 aliphatic heterocycles. The van der Waals surface area contributed by atoms with Crippen LogP contribution in [0.25, 0.3) is 0 Å². The monoisotopic (exact) mass is 324 g/mol. The normalized spacial score (nSPS) is 21.0. The zero-order valence-electron chi connectivity index (χ0n) is 11.2. The summed E-state index contributed by atoms with van der Waals surface area (Å²) in [4.78, 5) is 0.396. The van der Waals surface area contributed by atoms with Gasteiger partial charge in [-0.1, -0.05) is 30.3 Å². The minimum atomic E-state index is -3.26. The molecule has 110 valence electrons. The molecule has 0 aliphatic carbocycles. The molecular weight excluding hydrogens is 311 g/mol. The van der Waals surface area contributed by atoms with E-state index in [9.17, 15) is 12.8 Å². The Morgan fingerprint density at radius 2 is 1.81 bits per heavy atom. The number of hydrogen-bond donors (Lipinski definition) is 0. The number of hydrogen-bond acceptors (Lipinski definition) is 2. The number of rotatable bonds is 3. The molecule has 0 saturated heterocycles. The highest BCUT2D eigenvalue weighted by Gasteiger charge is 2.38. The van der Waals surface area contributed by atoms with Crippen molar-refractivity contribution in [2.24, 2.45) is 0 Å². The van der Waals surface area contributed by atoms with Gasteiger partial charge in [0.1, 0.15) is 5.82 Å². The summed E-state index contributed by atoms with van der Waals surface area (Å²) in [7, 11) is -3.26. The van der Waals surface area contributed by atoms with Crippen LogP contribution in [0.5, 0.6) is 0 Å². The quantitative estimate of drug-likeness (QED) is 0.806. The molecule has 21 heavy (non-hydrogen) atoms. The maximum absolute atomic E-state index is 13.1. The lowest BCUT2D eigenvalue weighted by atomic mass is 9.84. The first-order chi connectivity index (χ1) is 10.0. The Labute approximate surface area is 128 Å². The maximum atomic E-state index is 13.1. The molecule has 0 saturated carbocycles. The van der Waals surface area contributed by atoms with Crippen molar-refractivity contribution in [1.29, 1.82) is 0 Å². The Balaban J connectivity index is 2.05. The molecular formula is C16H14ClFO2S. The van der Waals surface area contributed by atoms with Crippen molar-refractivity contribution in [2.45, 2.75) is 16.7 Å². The summed E-state index contributed by atoms with van der Waals surface area (Å²) in [5, 5.41) is 0. The Kier molecular flexibility index (Phi) is 3.76.